The number of H-pyrrole nitrogens is 1. The molecular weight excluding hydrogens is 410 g/mol. The number of benzene rings is 3. The van der Waals surface area contributed by atoms with Gasteiger partial charge in [0.1, 0.15) is 11.5 Å². The van der Waals surface area contributed by atoms with E-state index in [9.17, 15) is 4.79 Å². The number of nitrogens with one attached hydrogen (secondary N) is 2. The number of methoxy groups -OCH3 is 2. The first-order valence-electron chi connectivity index (χ1n) is 9.81. The Balaban J connectivity index is 1.50. The second-order valence-corrected chi connectivity index (χ2v) is 7.86. The number of aromatic nitrogens is 2. The van der Waals surface area contributed by atoms with Crippen LogP contribution in [0.25, 0.3) is 11.0 Å². The second-order valence-electron chi connectivity index (χ2n) is 6.89. The highest BCUT2D eigenvalue weighted by Crippen LogP contribution is 2.26. The lowest BCUT2D eigenvalue weighted by molar-refractivity contribution is -0.119. The van der Waals surface area contributed by atoms with Gasteiger partial charge in [0, 0.05) is 0 Å². The van der Waals surface area contributed by atoms with Crippen LogP contribution in [-0.4, -0.2) is 35.8 Å². The normalized spacial score (nSPS) is 10.9. The van der Waals surface area contributed by atoms with Gasteiger partial charge in [-0.15, -0.1) is 0 Å². The van der Waals surface area contributed by atoms with E-state index in [0.29, 0.717) is 0 Å². The summed E-state index contributed by atoms with van der Waals surface area (Å²) in [5.74, 6) is 1.71. The summed E-state index contributed by atoms with van der Waals surface area (Å²) in [7, 11) is 3.26. The largest absolute Gasteiger partial charge is 0.497 e. The van der Waals surface area contributed by atoms with Crippen LogP contribution in [0.2, 0.25) is 0 Å². The van der Waals surface area contributed by atoms with E-state index in [-0.39, 0.29) is 17.7 Å². The van der Waals surface area contributed by atoms with E-state index in [1.54, 1.807) is 14.2 Å². The number of carbonyl (C=O) groups excluding carboxylic acids is 1. The number of hydrogen-bond acceptors (Lipinski definition) is 5. The van der Waals surface area contributed by atoms with Crippen LogP contribution in [0, 0.1) is 0 Å². The van der Waals surface area contributed by atoms with Crippen LogP contribution in [0.3, 0.4) is 0 Å². The number of ether oxygens (including phenoxy) is 2. The van der Waals surface area contributed by atoms with Gasteiger partial charge in [-0.2, -0.15) is 0 Å². The average Bonchev–Trinajstić information content (AvgIpc) is 3.24. The van der Waals surface area contributed by atoms with Gasteiger partial charge < -0.3 is 19.8 Å². The fourth-order valence-corrected chi connectivity index (χ4v) is 3.98. The molecular formula is C24H23N3O3S. The lowest BCUT2D eigenvalue weighted by Gasteiger charge is -2.20. The Morgan fingerprint density at radius 3 is 2.06 bits per heavy atom. The number of aromatic amines is 1. The van der Waals surface area contributed by atoms with Crippen LogP contribution in [-0.2, 0) is 4.79 Å². The zero-order valence-corrected chi connectivity index (χ0v) is 18.1. The molecule has 1 aromatic heterocycles. The Bertz CT molecular complexity index is 1080. The zero-order valence-electron chi connectivity index (χ0n) is 17.3. The molecule has 3 aromatic carbocycles. The number of hydrogen-bond donors (Lipinski definition) is 2. The maximum absolute atomic E-state index is 12.8. The van der Waals surface area contributed by atoms with Crippen molar-refractivity contribution < 1.29 is 14.3 Å². The van der Waals surface area contributed by atoms with Gasteiger partial charge in [-0.1, -0.05) is 48.2 Å². The third kappa shape index (κ3) is 5.00. The molecule has 2 N–H and O–H groups in total. The quantitative estimate of drug-likeness (QED) is 0.398. The predicted molar refractivity (Wildman–Crippen MR) is 123 cm³/mol. The molecule has 158 valence electrons. The SMILES string of the molecule is COc1ccc(C(NC(=O)CSc2nc3ccccc3[nH]2)c2ccc(OC)cc2)cc1. The van der Waals surface area contributed by atoms with E-state index in [1.807, 2.05) is 72.8 Å². The molecule has 7 heteroatoms. The molecule has 1 heterocycles. The summed E-state index contributed by atoms with van der Waals surface area (Å²) in [5.41, 5.74) is 3.78. The molecule has 4 rings (SSSR count). The maximum atomic E-state index is 12.8. The highest BCUT2D eigenvalue weighted by Gasteiger charge is 2.18. The van der Waals surface area contributed by atoms with Crippen molar-refractivity contribution in [1.82, 2.24) is 15.3 Å². The maximum Gasteiger partial charge on any atom is 0.231 e. The summed E-state index contributed by atoms with van der Waals surface area (Å²) < 4.78 is 10.5. The lowest BCUT2D eigenvalue weighted by Crippen LogP contribution is -2.30. The number of imidazole rings is 1. The van der Waals surface area contributed by atoms with Crippen LogP contribution in [0.15, 0.2) is 78.0 Å². The molecule has 0 radical (unpaired) electrons. The summed E-state index contributed by atoms with van der Waals surface area (Å²) in [4.78, 5) is 20.6. The monoisotopic (exact) mass is 433 g/mol. The highest BCUT2D eigenvalue weighted by atomic mass is 32.2. The van der Waals surface area contributed by atoms with Crippen molar-refractivity contribution in [2.75, 3.05) is 20.0 Å². The summed E-state index contributed by atoms with van der Waals surface area (Å²) in [6.07, 6.45) is 0. The third-order valence-corrected chi connectivity index (χ3v) is 5.78. The van der Waals surface area contributed by atoms with Crippen molar-refractivity contribution in [3.63, 3.8) is 0 Å². The van der Waals surface area contributed by atoms with Gasteiger partial charge in [0.2, 0.25) is 5.91 Å². The topological polar surface area (TPSA) is 76.2 Å². The van der Waals surface area contributed by atoms with Crippen LogP contribution in [0.4, 0.5) is 0 Å². The molecule has 4 aromatic rings. The minimum atomic E-state index is -0.291. The Kier molecular flexibility index (Phi) is 6.43. The number of amides is 1. The van der Waals surface area contributed by atoms with Gasteiger partial charge in [0.05, 0.1) is 37.0 Å². The summed E-state index contributed by atoms with van der Waals surface area (Å²) in [5, 5.41) is 3.87. The van der Waals surface area contributed by atoms with E-state index >= 15 is 0 Å². The van der Waals surface area contributed by atoms with Crippen LogP contribution < -0.4 is 14.8 Å². The molecule has 0 aliphatic heterocycles. The number of fused-ring (bicyclic) bond motifs is 1. The molecule has 0 unspecified atom stereocenters. The van der Waals surface area contributed by atoms with E-state index in [4.69, 9.17) is 9.47 Å². The van der Waals surface area contributed by atoms with Gasteiger partial charge in [0.15, 0.2) is 5.16 Å². The van der Waals surface area contributed by atoms with E-state index in [1.165, 1.54) is 11.8 Å². The lowest BCUT2D eigenvalue weighted by atomic mass is 9.98. The molecule has 6 nitrogen and oxygen atoms in total. The number of rotatable bonds is 8. The van der Waals surface area contributed by atoms with Crippen molar-refractivity contribution in [2.45, 2.75) is 11.2 Å². The average molecular weight is 434 g/mol. The predicted octanol–water partition coefficient (Wildman–Crippen LogP) is 4.58. The minimum Gasteiger partial charge on any atom is -0.497 e. The van der Waals surface area contributed by atoms with Gasteiger partial charge >= 0.3 is 0 Å². The fourth-order valence-electron chi connectivity index (χ4n) is 3.29. The Labute approximate surface area is 185 Å². The summed E-state index contributed by atoms with van der Waals surface area (Å²) in [6, 6.07) is 22.9. The molecule has 0 aliphatic carbocycles. The number of nitrogens with zero attached hydrogens (tertiary/aromatic N) is 1. The minimum absolute atomic E-state index is 0.0814. The van der Waals surface area contributed by atoms with Gasteiger partial charge in [-0.25, -0.2) is 4.98 Å². The van der Waals surface area contributed by atoms with Gasteiger partial charge in [-0.05, 0) is 47.5 Å². The standard InChI is InChI=1S/C24H23N3O3S/c1-29-18-11-7-16(8-12-18)23(17-9-13-19(30-2)14-10-17)27-22(28)15-31-24-25-20-5-3-4-6-21(20)26-24/h3-14,23H,15H2,1-2H3,(H,25,26)(H,27,28). The van der Waals surface area contributed by atoms with E-state index in [0.717, 1.165) is 38.8 Å². The van der Waals surface area contributed by atoms with Crippen molar-refractivity contribution in [2.24, 2.45) is 0 Å². The first-order valence-corrected chi connectivity index (χ1v) is 10.8. The van der Waals surface area contributed by atoms with Crippen LogP contribution in [0.1, 0.15) is 17.2 Å². The zero-order chi connectivity index (χ0) is 21.6. The highest BCUT2D eigenvalue weighted by molar-refractivity contribution is 7.99. The molecule has 0 atom stereocenters. The number of carbonyl (C=O) groups is 1. The number of para-hydroxylation sites is 2. The van der Waals surface area contributed by atoms with Crippen molar-refractivity contribution in [1.29, 1.82) is 0 Å². The molecule has 0 fully saturated rings. The Morgan fingerprint density at radius 2 is 1.52 bits per heavy atom. The smallest absolute Gasteiger partial charge is 0.231 e. The molecule has 31 heavy (non-hydrogen) atoms. The first-order chi connectivity index (χ1) is 15.2. The van der Waals surface area contributed by atoms with Crippen molar-refractivity contribution in [3.05, 3.63) is 83.9 Å². The molecule has 0 saturated carbocycles. The third-order valence-electron chi connectivity index (χ3n) is 4.91. The van der Waals surface area contributed by atoms with Crippen LogP contribution >= 0.6 is 11.8 Å². The fraction of sp³-hybridized carbons (Fsp3) is 0.167. The van der Waals surface area contributed by atoms with E-state index < -0.39 is 0 Å². The molecule has 0 spiro atoms. The van der Waals surface area contributed by atoms with Gasteiger partial charge in [0.25, 0.3) is 0 Å². The van der Waals surface area contributed by atoms with Crippen molar-refractivity contribution in [3.8, 4) is 11.5 Å². The summed E-state index contributed by atoms with van der Waals surface area (Å²) in [6.45, 7) is 0. The molecule has 0 bridgehead atoms. The van der Waals surface area contributed by atoms with E-state index in [2.05, 4.69) is 15.3 Å². The molecule has 0 saturated heterocycles. The number of thioether (sulfide) groups is 1. The molecule has 0 aliphatic rings. The van der Waals surface area contributed by atoms with Gasteiger partial charge in [-0.3, -0.25) is 4.79 Å². The summed E-state index contributed by atoms with van der Waals surface area (Å²) >= 11 is 1.38. The Morgan fingerprint density at radius 1 is 0.935 bits per heavy atom. The second kappa shape index (κ2) is 9.57. The Hall–Kier alpha value is -3.45. The van der Waals surface area contributed by atoms with Crippen molar-refractivity contribution >= 4 is 28.7 Å². The van der Waals surface area contributed by atoms with Crippen LogP contribution in [0.5, 0.6) is 11.5 Å². The first kappa shape index (κ1) is 20.8. The molecule has 1 amide bonds.